The molecule has 0 amide bonds. The Bertz CT molecular complexity index is 325. The van der Waals surface area contributed by atoms with Gasteiger partial charge in [-0.1, -0.05) is 4.32 Å². The summed E-state index contributed by atoms with van der Waals surface area (Å²) < 4.78 is 22.9. The summed E-state index contributed by atoms with van der Waals surface area (Å²) in [5.74, 6) is 0.402. The van der Waals surface area contributed by atoms with E-state index >= 15 is 0 Å². The number of hydrogen-bond acceptors (Lipinski definition) is 4. The second-order valence-corrected chi connectivity index (χ2v) is 6.88. The zero-order valence-corrected chi connectivity index (χ0v) is 10.1. The van der Waals surface area contributed by atoms with Gasteiger partial charge in [-0.3, -0.25) is 0 Å². The van der Waals surface area contributed by atoms with Crippen LogP contribution in [0.4, 0.5) is 0 Å². The lowest BCUT2D eigenvalue weighted by molar-refractivity contribution is 0.271. The zero-order valence-electron chi connectivity index (χ0n) is 7.61. The van der Waals surface area contributed by atoms with Crippen molar-refractivity contribution in [1.29, 1.82) is 0 Å². The molecule has 6 heteroatoms. The second kappa shape index (κ2) is 3.33. The average Bonchev–Trinajstić information content (AvgIpc) is 2.25. The first kappa shape index (κ1) is 11.1. The zero-order chi connectivity index (χ0) is 10.3. The van der Waals surface area contributed by atoms with E-state index in [1.54, 1.807) is 11.9 Å². The predicted molar refractivity (Wildman–Crippen MR) is 59.4 cm³/mol. The van der Waals surface area contributed by atoms with Crippen molar-refractivity contribution in [3.05, 3.63) is 0 Å². The first-order chi connectivity index (χ1) is 5.77. The van der Waals surface area contributed by atoms with Crippen LogP contribution in [0.5, 0.6) is 0 Å². The minimum Gasteiger partial charge on any atom is -0.411 e. The Hall–Kier alpha value is 0.0600. The fraction of sp³-hybridized carbons (Fsp3) is 0.857. The summed E-state index contributed by atoms with van der Waals surface area (Å²) in [7, 11) is -1.12. The van der Waals surface area contributed by atoms with Gasteiger partial charge in [0.05, 0.1) is 17.0 Å². The third-order valence-corrected chi connectivity index (χ3v) is 5.00. The highest BCUT2D eigenvalue weighted by atomic mass is 32.2. The van der Waals surface area contributed by atoms with E-state index < -0.39 is 15.4 Å². The highest BCUT2D eigenvalue weighted by Crippen LogP contribution is 2.28. The molecule has 1 fully saturated rings. The molecule has 1 saturated heterocycles. The van der Waals surface area contributed by atoms with E-state index in [1.807, 2.05) is 6.92 Å². The van der Waals surface area contributed by atoms with Crippen LogP contribution in [0.2, 0.25) is 0 Å². The van der Waals surface area contributed by atoms with Gasteiger partial charge in [0.15, 0.2) is 9.84 Å². The lowest BCUT2D eigenvalue weighted by Gasteiger charge is -2.38. The molecular formula is C7H12NO2S3-. The molecule has 0 spiro atoms. The molecule has 13 heavy (non-hydrogen) atoms. The Kier molecular flexibility index (Phi) is 2.85. The number of nitrogens with zero attached hydrogens (tertiary/aromatic N) is 1. The van der Waals surface area contributed by atoms with Crippen LogP contribution in [-0.2, 0) is 22.5 Å². The molecule has 1 unspecified atom stereocenters. The summed E-state index contributed by atoms with van der Waals surface area (Å²) in [5, 5.41) is 0. The fourth-order valence-electron chi connectivity index (χ4n) is 1.48. The van der Waals surface area contributed by atoms with Gasteiger partial charge >= 0.3 is 0 Å². The van der Waals surface area contributed by atoms with Gasteiger partial charge in [0.1, 0.15) is 0 Å². The highest BCUT2D eigenvalue weighted by molar-refractivity contribution is 8.00. The first-order valence-electron chi connectivity index (χ1n) is 3.92. The van der Waals surface area contributed by atoms with Crippen molar-refractivity contribution in [3.63, 3.8) is 0 Å². The first-order valence-corrected chi connectivity index (χ1v) is 6.56. The van der Waals surface area contributed by atoms with Crippen molar-refractivity contribution in [2.75, 3.05) is 18.6 Å². The molecular weight excluding hydrogens is 226 g/mol. The van der Waals surface area contributed by atoms with E-state index in [1.165, 1.54) is 0 Å². The summed E-state index contributed by atoms with van der Waals surface area (Å²) >= 11 is 9.70. The van der Waals surface area contributed by atoms with Gasteiger partial charge in [-0.2, -0.15) is 0 Å². The minimum absolute atomic E-state index is 0.160. The van der Waals surface area contributed by atoms with Gasteiger partial charge in [0.2, 0.25) is 0 Å². The van der Waals surface area contributed by atoms with Crippen molar-refractivity contribution in [3.8, 4) is 0 Å². The third kappa shape index (κ3) is 2.30. The van der Waals surface area contributed by atoms with Crippen LogP contribution < -0.4 is 0 Å². The highest BCUT2D eigenvalue weighted by Gasteiger charge is 2.40. The molecule has 1 aliphatic rings. The Labute approximate surface area is 89.8 Å². The summed E-state index contributed by atoms with van der Waals surface area (Å²) in [6.45, 7) is 1.89. The molecule has 0 N–H and O–H groups in total. The van der Waals surface area contributed by atoms with Crippen LogP contribution in [0.1, 0.15) is 13.3 Å². The van der Waals surface area contributed by atoms with Gasteiger partial charge in [0, 0.05) is 7.05 Å². The van der Waals surface area contributed by atoms with Crippen molar-refractivity contribution >= 4 is 39.0 Å². The quantitative estimate of drug-likeness (QED) is 0.486. The molecule has 76 valence electrons. The Morgan fingerprint density at radius 3 is 2.46 bits per heavy atom. The van der Waals surface area contributed by atoms with E-state index in [2.05, 4.69) is 0 Å². The van der Waals surface area contributed by atoms with E-state index in [0.717, 1.165) is 0 Å². The summed E-state index contributed by atoms with van der Waals surface area (Å²) in [6.07, 6.45) is 0.614. The van der Waals surface area contributed by atoms with E-state index in [0.29, 0.717) is 10.7 Å². The molecule has 0 bridgehead atoms. The van der Waals surface area contributed by atoms with Crippen molar-refractivity contribution < 1.29 is 8.42 Å². The predicted octanol–water partition coefficient (Wildman–Crippen LogP) is 0.327. The maximum atomic E-state index is 11.3. The summed E-state index contributed by atoms with van der Waals surface area (Å²) in [4.78, 5) is 1.71. The molecule has 0 radical (unpaired) electrons. The Balaban J connectivity index is 2.87. The standard InChI is InChI=1S/C7H13NO2S3/c1-7(8(2)6(11)12)3-4-13(9,10)5-7/h3-5H2,1-2H3,(H,11,12)/p-1. The third-order valence-electron chi connectivity index (χ3n) is 2.57. The molecule has 3 nitrogen and oxygen atoms in total. The molecule has 1 atom stereocenters. The maximum absolute atomic E-state index is 11.3. The molecule has 0 saturated carbocycles. The summed E-state index contributed by atoms with van der Waals surface area (Å²) in [5.41, 5.74) is -0.391. The van der Waals surface area contributed by atoms with E-state index in [9.17, 15) is 8.42 Å². The normalized spacial score (nSPS) is 31.5. The molecule has 0 aromatic rings. The molecule has 0 aromatic heterocycles. The van der Waals surface area contributed by atoms with Crippen LogP contribution in [0, 0.1) is 0 Å². The van der Waals surface area contributed by atoms with Gasteiger partial charge in [-0.25, -0.2) is 8.42 Å². The monoisotopic (exact) mass is 238 g/mol. The van der Waals surface area contributed by atoms with Crippen molar-refractivity contribution in [2.45, 2.75) is 18.9 Å². The number of thiocarbonyl (C=S) groups is 1. The lowest BCUT2D eigenvalue weighted by atomic mass is 10.0. The van der Waals surface area contributed by atoms with E-state index in [-0.39, 0.29) is 11.5 Å². The van der Waals surface area contributed by atoms with Crippen LogP contribution in [-0.4, -0.2) is 41.7 Å². The number of rotatable bonds is 1. The number of sulfone groups is 1. The maximum Gasteiger partial charge on any atom is 0.152 e. The van der Waals surface area contributed by atoms with Gasteiger partial charge in [-0.05, 0) is 13.3 Å². The largest absolute Gasteiger partial charge is 0.411 e. The molecule has 0 aromatic carbocycles. The van der Waals surface area contributed by atoms with Crippen molar-refractivity contribution in [1.82, 2.24) is 4.90 Å². The van der Waals surface area contributed by atoms with Crippen LogP contribution >= 0.6 is 12.2 Å². The molecule has 1 rings (SSSR count). The average molecular weight is 238 g/mol. The van der Waals surface area contributed by atoms with Gasteiger partial charge in [0.25, 0.3) is 0 Å². The fourth-order valence-corrected chi connectivity index (χ4v) is 4.10. The molecule has 1 heterocycles. The van der Waals surface area contributed by atoms with Crippen LogP contribution in [0.25, 0.3) is 0 Å². The molecule has 0 aliphatic carbocycles. The Morgan fingerprint density at radius 1 is 1.62 bits per heavy atom. The minimum atomic E-state index is -2.88. The molecule has 1 aliphatic heterocycles. The summed E-state index contributed by atoms with van der Waals surface area (Å²) in [6, 6.07) is 0. The second-order valence-electron chi connectivity index (χ2n) is 3.66. The topological polar surface area (TPSA) is 37.4 Å². The Morgan fingerprint density at radius 2 is 2.15 bits per heavy atom. The van der Waals surface area contributed by atoms with Gasteiger partial charge in [-0.15, -0.1) is 0 Å². The van der Waals surface area contributed by atoms with Crippen LogP contribution in [0.3, 0.4) is 0 Å². The van der Waals surface area contributed by atoms with Crippen LogP contribution in [0.15, 0.2) is 0 Å². The van der Waals surface area contributed by atoms with E-state index in [4.69, 9.17) is 24.8 Å². The number of hydrogen-bond donors (Lipinski definition) is 0. The van der Waals surface area contributed by atoms with Gasteiger partial charge < -0.3 is 29.7 Å². The SMILES string of the molecule is CN(C(=S)[S-])C1(C)CCS(=O)(=O)C1. The smallest absolute Gasteiger partial charge is 0.152 e. The lowest BCUT2D eigenvalue weighted by Crippen LogP contribution is -2.46. The van der Waals surface area contributed by atoms with Crippen molar-refractivity contribution in [2.24, 2.45) is 0 Å².